The number of rotatable bonds is 4. The van der Waals surface area contributed by atoms with Crippen LogP contribution in [0, 0.1) is 13.8 Å². The van der Waals surface area contributed by atoms with E-state index in [2.05, 4.69) is 6.92 Å². The normalized spacial score (nSPS) is 23.0. The van der Waals surface area contributed by atoms with Crippen molar-refractivity contribution >= 4 is 19.7 Å². The van der Waals surface area contributed by atoms with Crippen LogP contribution in [0.5, 0.6) is 5.75 Å². The second-order valence-electron chi connectivity index (χ2n) is 5.28. The van der Waals surface area contributed by atoms with E-state index in [1.165, 1.54) is 0 Å². The first-order chi connectivity index (χ1) is 9.27. The first-order valence-corrected chi connectivity index (χ1v) is 8.92. The van der Waals surface area contributed by atoms with Crippen molar-refractivity contribution in [3.05, 3.63) is 23.3 Å². The van der Waals surface area contributed by atoms with Crippen LogP contribution in [0.25, 0.3) is 0 Å². The van der Waals surface area contributed by atoms with Crippen LogP contribution in [0.3, 0.4) is 0 Å². The Balaban J connectivity index is 2.11. The zero-order chi connectivity index (χ0) is 14.9. The topological polar surface area (TPSA) is 52.6 Å². The lowest BCUT2D eigenvalue weighted by molar-refractivity contribution is 0.0264. The molecule has 1 aliphatic rings. The Bertz CT molecular complexity index is 574. The number of halogens is 1. The molecule has 1 aromatic carbocycles. The van der Waals surface area contributed by atoms with Crippen LogP contribution in [0.2, 0.25) is 0 Å². The third-order valence-electron chi connectivity index (χ3n) is 3.43. The fraction of sp³-hybridized carbons (Fsp3) is 0.571. The highest BCUT2D eigenvalue weighted by Crippen LogP contribution is 2.29. The van der Waals surface area contributed by atoms with Gasteiger partial charge in [0.15, 0.2) is 0 Å². The average Bonchev–Trinajstić information content (AvgIpc) is 2.69. The molecule has 0 aliphatic carbocycles. The number of benzene rings is 1. The molecule has 1 fully saturated rings. The summed E-state index contributed by atoms with van der Waals surface area (Å²) in [7, 11) is 1.70. The minimum Gasteiger partial charge on any atom is -0.491 e. The highest BCUT2D eigenvalue weighted by atomic mass is 35.7. The quantitative estimate of drug-likeness (QED) is 0.800. The predicted octanol–water partition coefficient (Wildman–Crippen LogP) is 3.18. The van der Waals surface area contributed by atoms with Gasteiger partial charge in [-0.3, -0.25) is 0 Å². The maximum absolute atomic E-state index is 11.5. The first-order valence-electron chi connectivity index (χ1n) is 6.61. The van der Waals surface area contributed by atoms with Crippen molar-refractivity contribution in [2.45, 2.75) is 50.7 Å². The monoisotopic (exact) mass is 318 g/mol. The predicted molar refractivity (Wildman–Crippen MR) is 78.0 cm³/mol. The molecule has 1 aliphatic heterocycles. The standard InChI is InChI=1S/C14H19ClO4S/c1-9-6-13(7-10(2)14(9)20(15,16)17)18-8-12-5-4-11(3)19-12/h6-7,11-12H,4-5,8H2,1-3H3. The summed E-state index contributed by atoms with van der Waals surface area (Å²) in [5.74, 6) is 0.646. The van der Waals surface area contributed by atoms with Gasteiger partial charge in [-0.05, 0) is 56.9 Å². The van der Waals surface area contributed by atoms with Gasteiger partial charge in [0, 0.05) is 10.7 Å². The molecular formula is C14H19ClO4S. The largest absolute Gasteiger partial charge is 0.491 e. The minimum absolute atomic E-state index is 0.113. The molecule has 2 unspecified atom stereocenters. The van der Waals surface area contributed by atoms with E-state index in [1.807, 2.05) is 0 Å². The summed E-state index contributed by atoms with van der Waals surface area (Å²) in [4.78, 5) is 0.164. The van der Waals surface area contributed by atoms with Crippen molar-refractivity contribution in [2.75, 3.05) is 6.61 Å². The Morgan fingerprint density at radius 3 is 2.35 bits per heavy atom. The van der Waals surface area contributed by atoms with Gasteiger partial charge >= 0.3 is 0 Å². The summed E-state index contributed by atoms with van der Waals surface area (Å²) in [6.45, 7) is 5.96. The van der Waals surface area contributed by atoms with Gasteiger partial charge in [-0.15, -0.1) is 0 Å². The maximum atomic E-state index is 11.5. The molecule has 2 rings (SSSR count). The van der Waals surface area contributed by atoms with Crippen LogP contribution >= 0.6 is 10.7 Å². The van der Waals surface area contributed by atoms with Crippen molar-refractivity contribution < 1.29 is 17.9 Å². The lowest BCUT2D eigenvalue weighted by Crippen LogP contribution is -2.18. The van der Waals surface area contributed by atoms with Crippen LogP contribution in [0.15, 0.2) is 17.0 Å². The van der Waals surface area contributed by atoms with Gasteiger partial charge in [0.1, 0.15) is 12.4 Å². The Kier molecular flexibility index (Phi) is 4.62. The van der Waals surface area contributed by atoms with Crippen molar-refractivity contribution in [3.63, 3.8) is 0 Å². The Hall–Kier alpha value is -0.780. The van der Waals surface area contributed by atoms with E-state index < -0.39 is 9.05 Å². The second kappa shape index (κ2) is 5.92. The SMILES string of the molecule is Cc1cc(OCC2CCC(C)O2)cc(C)c1S(=O)(=O)Cl. The molecule has 2 atom stereocenters. The molecule has 4 nitrogen and oxygen atoms in total. The Morgan fingerprint density at radius 2 is 1.90 bits per heavy atom. The fourth-order valence-electron chi connectivity index (χ4n) is 2.58. The molecule has 1 heterocycles. The number of aryl methyl sites for hydroxylation is 2. The summed E-state index contributed by atoms with van der Waals surface area (Å²) >= 11 is 0. The molecule has 0 N–H and O–H groups in total. The zero-order valence-electron chi connectivity index (χ0n) is 11.8. The van der Waals surface area contributed by atoms with Gasteiger partial charge < -0.3 is 9.47 Å². The van der Waals surface area contributed by atoms with E-state index in [0.29, 0.717) is 23.5 Å². The van der Waals surface area contributed by atoms with Gasteiger partial charge in [0.2, 0.25) is 0 Å². The molecule has 0 amide bonds. The van der Waals surface area contributed by atoms with E-state index in [9.17, 15) is 8.42 Å². The average molecular weight is 319 g/mol. The van der Waals surface area contributed by atoms with E-state index in [1.54, 1.807) is 26.0 Å². The molecule has 0 radical (unpaired) electrons. The Labute approximate surface area is 124 Å². The summed E-state index contributed by atoms with van der Waals surface area (Å²) in [5, 5.41) is 0. The molecular weight excluding hydrogens is 300 g/mol. The third kappa shape index (κ3) is 3.65. The van der Waals surface area contributed by atoms with Gasteiger partial charge in [-0.25, -0.2) is 8.42 Å². The fourth-order valence-corrected chi connectivity index (χ4v) is 4.19. The number of hydrogen-bond donors (Lipinski definition) is 0. The molecule has 20 heavy (non-hydrogen) atoms. The molecule has 6 heteroatoms. The van der Waals surface area contributed by atoms with E-state index in [4.69, 9.17) is 20.2 Å². The summed E-state index contributed by atoms with van der Waals surface area (Å²) in [6, 6.07) is 3.39. The maximum Gasteiger partial charge on any atom is 0.261 e. The van der Waals surface area contributed by atoms with Crippen molar-refractivity contribution in [1.82, 2.24) is 0 Å². The molecule has 112 valence electrons. The highest BCUT2D eigenvalue weighted by Gasteiger charge is 2.23. The first kappa shape index (κ1) is 15.6. The highest BCUT2D eigenvalue weighted by molar-refractivity contribution is 8.13. The van der Waals surface area contributed by atoms with Gasteiger partial charge in [0.25, 0.3) is 9.05 Å². The van der Waals surface area contributed by atoms with Crippen molar-refractivity contribution in [1.29, 1.82) is 0 Å². The van der Waals surface area contributed by atoms with E-state index >= 15 is 0 Å². The third-order valence-corrected chi connectivity index (χ3v) is 5.03. The summed E-state index contributed by atoms with van der Waals surface area (Å²) < 4.78 is 34.4. The smallest absolute Gasteiger partial charge is 0.261 e. The molecule has 0 bridgehead atoms. The van der Waals surface area contributed by atoms with Crippen LogP contribution in [-0.2, 0) is 13.8 Å². The van der Waals surface area contributed by atoms with Crippen LogP contribution in [0.4, 0.5) is 0 Å². The van der Waals surface area contributed by atoms with E-state index in [-0.39, 0.29) is 17.1 Å². The van der Waals surface area contributed by atoms with Crippen LogP contribution < -0.4 is 4.74 Å². The van der Waals surface area contributed by atoms with Crippen molar-refractivity contribution in [2.24, 2.45) is 0 Å². The lowest BCUT2D eigenvalue weighted by Gasteiger charge is -2.15. The van der Waals surface area contributed by atoms with E-state index in [0.717, 1.165) is 12.8 Å². The number of hydrogen-bond acceptors (Lipinski definition) is 4. The van der Waals surface area contributed by atoms with Crippen LogP contribution in [0.1, 0.15) is 30.9 Å². The van der Waals surface area contributed by atoms with Gasteiger partial charge in [0.05, 0.1) is 17.1 Å². The molecule has 1 saturated heterocycles. The summed E-state index contributed by atoms with van der Waals surface area (Å²) in [5.41, 5.74) is 1.19. The second-order valence-corrected chi connectivity index (χ2v) is 7.78. The molecule has 1 aromatic rings. The van der Waals surface area contributed by atoms with Gasteiger partial charge in [-0.1, -0.05) is 0 Å². The minimum atomic E-state index is -3.73. The molecule has 0 aromatic heterocycles. The van der Waals surface area contributed by atoms with Crippen molar-refractivity contribution in [3.8, 4) is 5.75 Å². The zero-order valence-corrected chi connectivity index (χ0v) is 13.4. The van der Waals surface area contributed by atoms with Gasteiger partial charge in [-0.2, -0.15) is 0 Å². The molecule has 0 spiro atoms. The summed E-state index contributed by atoms with van der Waals surface area (Å²) in [6.07, 6.45) is 2.45. The van der Waals surface area contributed by atoms with Crippen LogP contribution in [-0.4, -0.2) is 27.2 Å². The lowest BCUT2D eigenvalue weighted by atomic mass is 10.1. The molecule has 0 saturated carbocycles. The Morgan fingerprint density at radius 1 is 1.30 bits per heavy atom. The number of ether oxygens (including phenoxy) is 2.